The number of hydrogen-bond donors (Lipinski definition) is 1. The van der Waals surface area contributed by atoms with Crippen molar-refractivity contribution in [2.75, 3.05) is 19.3 Å². The van der Waals surface area contributed by atoms with E-state index in [1.165, 1.54) is 4.90 Å². The van der Waals surface area contributed by atoms with E-state index in [0.29, 0.717) is 6.54 Å². The maximum Gasteiger partial charge on any atom is 0.325 e. The van der Waals surface area contributed by atoms with Crippen LogP contribution in [0.3, 0.4) is 0 Å². The molecule has 21 heavy (non-hydrogen) atoms. The molecule has 3 amide bonds. The van der Waals surface area contributed by atoms with E-state index in [1.54, 1.807) is 18.8 Å². The summed E-state index contributed by atoms with van der Waals surface area (Å²) in [5.74, 6) is 0.482. The standard InChI is InChI=1S/C14H20N4O2S/c1-5-6-7-21-14-15-11-10(18(14)8-9(2)3)12(19)16-13(20)17(11)4/h5-6,10-11H,2,7-8H2,1,3-4H3,(H,16,19,20)/b6-5+. The minimum atomic E-state index is -0.475. The van der Waals surface area contributed by atoms with Crippen molar-refractivity contribution in [2.24, 2.45) is 4.99 Å². The molecule has 0 saturated carbocycles. The lowest BCUT2D eigenvalue weighted by Gasteiger charge is -2.36. The number of carbonyl (C=O) groups is 2. The molecule has 114 valence electrons. The van der Waals surface area contributed by atoms with Crippen LogP contribution in [0.5, 0.6) is 0 Å². The highest BCUT2D eigenvalue weighted by Crippen LogP contribution is 2.28. The van der Waals surface area contributed by atoms with Crippen LogP contribution in [0, 0.1) is 0 Å². The zero-order valence-corrected chi connectivity index (χ0v) is 13.3. The van der Waals surface area contributed by atoms with Gasteiger partial charge in [-0.25, -0.2) is 9.79 Å². The molecule has 2 rings (SSSR count). The zero-order chi connectivity index (χ0) is 15.6. The first-order chi connectivity index (χ1) is 9.95. The highest BCUT2D eigenvalue weighted by atomic mass is 32.2. The average molecular weight is 308 g/mol. The minimum absolute atomic E-state index is 0.297. The van der Waals surface area contributed by atoms with Gasteiger partial charge in [0.15, 0.2) is 17.4 Å². The Morgan fingerprint density at radius 2 is 2.24 bits per heavy atom. The number of allylic oxidation sites excluding steroid dienone is 1. The van der Waals surface area contributed by atoms with Crippen molar-refractivity contribution in [2.45, 2.75) is 26.1 Å². The molecule has 7 heteroatoms. The molecule has 1 N–H and O–H groups in total. The van der Waals surface area contributed by atoms with Crippen molar-refractivity contribution in [1.82, 2.24) is 15.1 Å². The molecule has 0 aromatic heterocycles. The maximum absolute atomic E-state index is 12.2. The molecule has 1 fully saturated rings. The number of fused-ring (bicyclic) bond motifs is 1. The zero-order valence-electron chi connectivity index (χ0n) is 12.5. The van der Waals surface area contributed by atoms with Gasteiger partial charge in [-0.2, -0.15) is 0 Å². The monoisotopic (exact) mass is 308 g/mol. The number of amidine groups is 1. The van der Waals surface area contributed by atoms with Gasteiger partial charge in [0.05, 0.1) is 0 Å². The lowest BCUT2D eigenvalue weighted by Crippen LogP contribution is -2.63. The van der Waals surface area contributed by atoms with Crippen LogP contribution in [-0.4, -0.2) is 58.5 Å². The van der Waals surface area contributed by atoms with E-state index < -0.39 is 18.2 Å². The van der Waals surface area contributed by atoms with Crippen molar-refractivity contribution in [1.29, 1.82) is 0 Å². The van der Waals surface area contributed by atoms with Gasteiger partial charge in [-0.3, -0.25) is 10.1 Å². The number of nitrogens with zero attached hydrogens (tertiary/aromatic N) is 3. The van der Waals surface area contributed by atoms with Gasteiger partial charge in [0.1, 0.15) is 0 Å². The number of likely N-dealkylation sites (N-methyl/N-ethyl adjacent to an activating group) is 1. The Labute approximate surface area is 129 Å². The van der Waals surface area contributed by atoms with Gasteiger partial charge < -0.3 is 9.80 Å². The van der Waals surface area contributed by atoms with Crippen LogP contribution in [0.1, 0.15) is 13.8 Å². The molecular formula is C14H20N4O2S. The topological polar surface area (TPSA) is 65.0 Å². The molecule has 6 nitrogen and oxygen atoms in total. The number of hydrogen-bond acceptors (Lipinski definition) is 5. The lowest BCUT2D eigenvalue weighted by atomic mass is 10.1. The maximum atomic E-state index is 12.2. The molecule has 1 saturated heterocycles. The highest BCUT2D eigenvalue weighted by Gasteiger charge is 2.48. The van der Waals surface area contributed by atoms with Crippen LogP contribution < -0.4 is 5.32 Å². The highest BCUT2D eigenvalue weighted by molar-refractivity contribution is 8.13. The fraction of sp³-hybridized carbons (Fsp3) is 0.500. The van der Waals surface area contributed by atoms with Gasteiger partial charge >= 0.3 is 6.03 Å². The van der Waals surface area contributed by atoms with E-state index in [1.807, 2.05) is 30.9 Å². The number of rotatable bonds is 4. The molecule has 0 aliphatic carbocycles. The van der Waals surface area contributed by atoms with Gasteiger partial charge in [-0.05, 0) is 13.8 Å². The van der Waals surface area contributed by atoms with Crippen LogP contribution in [0.25, 0.3) is 0 Å². The fourth-order valence-electron chi connectivity index (χ4n) is 2.30. The second-order valence-electron chi connectivity index (χ2n) is 5.14. The first-order valence-electron chi connectivity index (χ1n) is 6.76. The van der Waals surface area contributed by atoms with E-state index in [2.05, 4.69) is 16.9 Å². The number of nitrogens with one attached hydrogen (secondary N) is 1. The Balaban J connectivity index is 2.26. The largest absolute Gasteiger partial charge is 0.332 e. The smallest absolute Gasteiger partial charge is 0.325 e. The van der Waals surface area contributed by atoms with E-state index in [0.717, 1.165) is 16.5 Å². The van der Waals surface area contributed by atoms with Crippen molar-refractivity contribution in [3.63, 3.8) is 0 Å². The molecule has 0 bridgehead atoms. The van der Waals surface area contributed by atoms with Crippen LogP contribution in [-0.2, 0) is 4.79 Å². The van der Waals surface area contributed by atoms with Crippen LogP contribution in [0.4, 0.5) is 4.79 Å². The normalized spacial score (nSPS) is 25.2. The Bertz CT molecular complexity index is 529. The van der Waals surface area contributed by atoms with E-state index in [4.69, 9.17) is 0 Å². The average Bonchev–Trinajstić information content (AvgIpc) is 2.75. The summed E-state index contributed by atoms with van der Waals surface area (Å²) < 4.78 is 0. The number of carbonyl (C=O) groups excluding carboxylic acids is 2. The molecular weight excluding hydrogens is 288 g/mol. The molecule has 0 spiro atoms. The van der Waals surface area contributed by atoms with Gasteiger partial charge in [0.25, 0.3) is 5.91 Å². The summed E-state index contributed by atoms with van der Waals surface area (Å²) in [6.07, 6.45) is 3.54. The van der Waals surface area contributed by atoms with Crippen LogP contribution >= 0.6 is 11.8 Å². The second kappa shape index (κ2) is 6.34. The fourth-order valence-corrected chi connectivity index (χ4v) is 3.26. The summed E-state index contributed by atoms with van der Waals surface area (Å²) in [6.45, 7) is 8.34. The summed E-state index contributed by atoms with van der Waals surface area (Å²) in [4.78, 5) is 31.9. The quantitative estimate of drug-likeness (QED) is 0.798. The third kappa shape index (κ3) is 3.12. The van der Waals surface area contributed by atoms with Gasteiger partial charge in [0, 0.05) is 19.3 Å². The molecule has 0 aromatic carbocycles. The van der Waals surface area contributed by atoms with E-state index in [9.17, 15) is 9.59 Å². The molecule has 0 aromatic rings. The van der Waals surface area contributed by atoms with Crippen LogP contribution in [0.15, 0.2) is 29.3 Å². The summed E-state index contributed by atoms with van der Waals surface area (Å²) in [5, 5.41) is 3.15. The summed E-state index contributed by atoms with van der Waals surface area (Å²) >= 11 is 1.56. The van der Waals surface area contributed by atoms with Gasteiger partial charge in [-0.15, -0.1) is 0 Å². The number of imide groups is 1. The summed E-state index contributed by atoms with van der Waals surface area (Å²) in [7, 11) is 1.65. The third-order valence-corrected chi connectivity index (χ3v) is 4.26. The Morgan fingerprint density at radius 3 is 2.86 bits per heavy atom. The molecule has 2 aliphatic heterocycles. The van der Waals surface area contributed by atoms with Crippen LogP contribution in [0.2, 0.25) is 0 Å². The van der Waals surface area contributed by atoms with E-state index in [-0.39, 0.29) is 5.91 Å². The number of urea groups is 1. The second-order valence-corrected chi connectivity index (χ2v) is 6.13. The van der Waals surface area contributed by atoms with Gasteiger partial charge in [-0.1, -0.05) is 36.1 Å². The van der Waals surface area contributed by atoms with E-state index >= 15 is 0 Å². The van der Waals surface area contributed by atoms with Crippen molar-refractivity contribution >= 4 is 28.9 Å². The molecule has 2 atom stereocenters. The Kier molecular flexibility index (Phi) is 4.72. The Hall–Kier alpha value is -1.76. The number of amides is 3. The number of aliphatic imine (C=N–C) groups is 1. The van der Waals surface area contributed by atoms with Gasteiger partial charge in [0.2, 0.25) is 0 Å². The summed E-state index contributed by atoms with van der Waals surface area (Å²) in [6, 6.07) is -0.877. The molecule has 2 heterocycles. The minimum Gasteiger partial charge on any atom is -0.332 e. The molecule has 0 radical (unpaired) electrons. The third-order valence-electron chi connectivity index (χ3n) is 3.31. The molecule has 2 aliphatic rings. The first-order valence-corrected chi connectivity index (χ1v) is 7.74. The first kappa shape index (κ1) is 15.6. The van der Waals surface area contributed by atoms with Crippen molar-refractivity contribution in [3.8, 4) is 0 Å². The lowest BCUT2D eigenvalue weighted by molar-refractivity contribution is -0.126. The predicted octanol–water partition coefficient (Wildman–Crippen LogP) is 1.42. The predicted molar refractivity (Wildman–Crippen MR) is 85.1 cm³/mol. The molecule has 2 unspecified atom stereocenters. The van der Waals surface area contributed by atoms with Crippen molar-refractivity contribution < 1.29 is 9.59 Å². The Morgan fingerprint density at radius 1 is 1.52 bits per heavy atom. The summed E-state index contributed by atoms with van der Waals surface area (Å²) in [5.41, 5.74) is 0.947. The SMILES string of the molecule is C=C(C)CN1C(SC/C=C/C)=NC2C1C(=O)NC(=O)N2C. The van der Waals surface area contributed by atoms with Crippen molar-refractivity contribution in [3.05, 3.63) is 24.3 Å². The number of thioether (sulfide) groups is 1.